The minimum atomic E-state index is 0.853. The van der Waals surface area contributed by atoms with E-state index in [4.69, 9.17) is 5.73 Å². The van der Waals surface area contributed by atoms with Crippen molar-refractivity contribution in [3.8, 4) is 0 Å². The zero-order chi connectivity index (χ0) is 7.68. The molecule has 0 aromatic heterocycles. The highest BCUT2D eigenvalue weighted by atomic mass is 32.2. The van der Waals surface area contributed by atoms with Crippen molar-refractivity contribution in [2.75, 3.05) is 6.54 Å². The first-order valence-corrected chi connectivity index (χ1v) is 5.68. The van der Waals surface area contributed by atoms with Crippen LogP contribution in [0.15, 0.2) is 0 Å². The van der Waals surface area contributed by atoms with Crippen LogP contribution in [-0.4, -0.2) is 17.0 Å². The Labute approximate surface area is 73.1 Å². The Balaban J connectivity index is 1.94. The van der Waals surface area contributed by atoms with Gasteiger partial charge in [-0.2, -0.15) is 11.8 Å². The standard InChI is InChI=1S/C9H17NS/c10-6-7-4-8-2-1-3-9(5-7)11-8/h7-9H,1-6,10H2. The summed E-state index contributed by atoms with van der Waals surface area (Å²) in [5, 5.41) is 1.94. The van der Waals surface area contributed by atoms with Gasteiger partial charge >= 0.3 is 0 Å². The van der Waals surface area contributed by atoms with E-state index in [0.717, 1.165) is 23.0 Å². The SMILES string of the molecule is NCC1CC2CCCC(C1)S2. The molecule has 2 aliphatic heterocycles. The van der Waals surface area contributed by atoms with Crippen molar-refractivity contribution in [3.63, 3.8) is 0 Å². The molecule has 0 amide bonds. The van der Waals surface area contributed by atoms with Gasteiger partial charge in [-0.05, 0) is 38.1 Å². The van der Waals surface area contributed by atoms with Gasteiger partial charge in [0.2, 0.25) is 0 Å². The second-order valence-corrected chi connectivity index (χ2v) is 5.49. The number of nitrogens with two attached hydrogens (primary N) is 1. The predicted molar refractivity (Wildman–Crippen MR) is 50.8 cm³/mol. The fourth-order valence-electron chi connectivity index (χ4n) is 2.36. The van der Waals surface area contributed by atoms with Crippen LogP contribution in [0.5, 0.6) is 0 Å². The smallest absolute Gasteiger partial charge is 0.00529 e. The molecule has 2 heteroatoms. The van der Waals surface area contributed by atoms with Crippen molar-refractivity contribution in [3.05, 3.63) is 0 Å². The Bertz CT molecular complexity index is 126. The van der Waals surface area contributed by atoms with Crippen molar-refractivity contribution in [1.82, 2.24) is 0 Å². The Hall–Kier alpha value is 0.310. The van der Waals surface area contributed by atoms with Gasteiger partial charge in [-0.25, -0.2) is 0 Å². The Morgan fingerprint density at radius 1 is 1.18 bits per heavy atom. The highest BCUT2D eigenvalue weighted by Gasteiger charge is 2.31. The Morgan fingerprint density at radius 3 is 2.36 bits per heavy atom. The first-order valence-electron chi connectivity index (χ1n) is 4.74. The second-order valence-electron chi connectivity index (χ2n) is 3.88. The average Bonchev–Trinajstić information content (AvgIpc) is 2.03. The van der Waals surface area contributed by atoms with Gasteiger partial charge < -0.3 is 5.73 Å². The van der Waals surface area contributed by atoms with E-state index in [-0.39, 0.29) is 0 Å². The zero-order valence-corrected chi connectivity index (χ0v) is 7.78. The summed E-state index contributed by atoms with van der Waals surface area (Å²) in [7, 11) is 0. The lowest BCUT2D eigenvalue weighted by Crippen LogP contribution is -2.32. The van der Waals surface area contributed by atoms with Gasteiger partial charge in [-0.3, -0.25) is 0 Å². The molecule has 2 heterocycles. The van der Waals surface area contributed by atoms with Gasteiger partial charge in [0.1, 0.15) is 0 Å². The molecule has 0 saturated carbocycles. The van der Waals surface area contributed by atoms with E-state index in [9.17, 15) is 0 Å². The molecule has 2 rings (SSSR count). The summed E-state index contributed by atoms with van der Waals surface area (Å²) in [6.07, 6.45) is 7.18. The summed E-state index contributed by atoms with van der Waals surface area (Å²) in [6, 6.07) is 0. The summed E-state index contributed by atoms with van der Waals surface area (Å²) < 4.78 is 0. The number of fused-ring (bicyclic) bond motifs is 2. The molecule has 0 aromatic carbocycles. The van der Waals surface area contributed by atoms with E-state index in [2.05, 4.69) is 11.8 Å². The van der Waals surface area contributed by atoms with Gasteiger partial charge in [0, 0.05) is 10.5 Å². The Morgan fingerprint density at radius 2 is 1.82 bits per heavy atom. The molecule has 11 heavy (non-hydrogen) atoms. The fourth-order valence-corrected chi connectivity index (χ4v) is 4.28. The second kappa shape index (κ2) is 3.36. The monoisotopic (exact) mass is 171 g/mol. The van der Waals surface area contributed by atoms with E-state index in [1.807, 2.05) is 0 Å². The molecule has 2 unspecified atom stereocenters. The summed E-state index contributed by atoms with van der Waals surface area (Å²) in [5.41, 5.74) is 5.70. The molecule has 2 atom stereocenters. The zero-order valence-electron chi connectivity index (χ0n) is 6.96. The Kier molecular flexibility index (Phi) is 2.42. The van der Waals surface area contributed by atoms with E-state index in [1.54, 1.807) is 0 Å². The molecule has 0 aromatic rings. The molecule has 2 N–H and O–H groups in total. The number of rotatable bonds is 1. The topological polar surface area (TPSA) is 26.0 Å². The van der Waals surface area contributed by atoms with Crippen LogP contribution < -0.4 is 5.73 Å². The lowest BCUT2D eigenvalue weighted by molar-refractivity contribution is 0.377. The van der Waals surface area contributed by atoms with Crippen LogP contribution in [0.25, 0.3) is 0 Å². The van der Waals surface area contributed by atoms with Crippen LogP contribution >= 0.6 is 11.8 Å². The number of hydrogen-bond acceptors (Lipinski definition) is 2. The van der Waals surface area contributed by atoms with Crippen molar-refractivity contribution in [2.45, 2.75) is 42.6 Å². The third-order valence-electron chi connectivity index (χ3n) is 2.96. The van der Waals surface area contributed by atoms with Crippen LogP contribution in [0.1, 0.15) is 32.1 Å². The summed E-state index contributed by atoms with van der Waals surface area (Å²) in [5.74, 6) is 0.853. The van der Waals surface area contributed by atoms with Gasteiger partial charge in [0.25, 0.3) is 0 Å². The maximum absolute atomic E-state index is 5.70. The maximum atomic E-state index is 5.70. The molecule has 64 valence electrons. The minimum Gasteiger partial charge on any atom is -0.330 e. The van der Waals surface area contributed by atoms with E-state index in [0.29, 0.717) is 0 Å². The average molecular weight is 171 g/mol. The number of thioether (sulfide) groups is 1. The molecule has 1 nitrogen and oxygen atoms in total. The lowest BCUT2D eigenvalue weighted by atomic mass is 9.90. The van der Waals surface area contributed by atoms with Crippen molar-refractivity contribution in [2.24, 2.45) is 11.7 Å². The normalized spacial score (nSPS) is 43.9. The quantitative estimate of drug-likeness (QED) is 0.653. The minimum absolute atomic E-state index is 0.853. The molecule has 0 aliphatic carbocycles. The summed E-state index contributed by atoms with van der Waals surface area (Å²) >= 11 is 2.24. The van der Waals surface area contributed by atoms with Crippen LogP contribution in [0.3, 0.4) is 0 Å². The number of hydrogen-bond donors (Lipinski definition) is 1. The highest BCUT2D eigenvalue weighted by Crippen LogP contribution is 2.43. The molecular formula is C9H17NS. The van der Waals surface area contributed by atoms with Gasteiger partial charge in [-0.15, -0.1) is 0 Å². The predicted octanol–water partition coefficient (Wildman–Crippen LogP) is 2.01. The molecule has 2 bridgehead atoms. The van der Waals surface area contributed by atoms with Gasteiger partial charge in [0.05, 0.1) is 0 Å². The first kappa shape index (κ1) is 7.93. The summed E-state index contributed by atoms with van der Waals surface area (Å²) in [6.45, 7) is 0.924. The third-order valence-corrected chi connectivity index (χ3v) is 4.59. The van der Waals surface area contributed by atoms with E-state index >= 15 is 0 Å². The fraction of sp³-hybridized carbons (Fsp3) is 1.00. The van der Waals surface area contributed by atoms with Crippen molar-refractivity contribution < 1.29 is 0 Å². The largest absolute Gasteiger partial charge is 0.330 e. The maximum Gasteiger partial charge on any atom is 0.00529 e. The van der Waals surface area contributed by atoms with Crippen molar-refractivity contribution >= 4 is 11.8 Å². The van der Waals surface area contributed by atoms with Crippen molar-refractivity contribution in [1.29, 1.82) is 0 Å². The molecule has 2 saturated heterocycles. The molecular weight excluding hydrogens is 154 g/mol. The lowest BCUT2D eigenvalue weighted by Gasteiger charge is -2.38. The molecule has 2 aliphatic rings. The van der Waals surface area contributed by atoms with Gasteiger partial charge in [-0.1, -0.05) is 6.42 Å². The van der Waals surface area contributed by atoms with Gasteiger partial charge in [0.15, 0.2) is 0 Å². The van der Waals surface area contributed by atoms with E-state index < -0.39 is 0 Å². The molecule has 2 fully saturated rings. The van der Waals surface area contributed by atoms with Crippen LogP contribution in [0.4, 0.5) is 0 Å². The summed E-state index contributed by atoms with van der Waals surface area (Å²) in [4.78, 5) is 0. The molecule has 0 radical (unpaired) electrons. The first-order chi connectivity index (χ1) is 5.38. The molecule has 0 spiro atoms. The third kappa shape index (κ3) is 1.73. The van der Waals surface area contributed by atoms with Crippen LogP contribution in [-0.2, 0) is 0 Å². The van der Waals surface area contributed by atoms with Crippen LogP contribution in [0.2, 0.25) is 0 Å². The highest BCUT2D eigenvalue weighted by molar-refractivity contribution is 8.00. The van der Waals surface area contributed by atoms with E-state index in [1.165, 1.54) is 32.1 Å². The van der Waals surface area contributed by atoms with Crippen LogP contribution in [0, 0.1) is 5.92 Å².